The molecule has 0 heterocycles. The molecule has 7 heteroatoms. The fourth-order valence-electron chi connectivity index (χ4n) is 3.96. The summed E-state index contributed by atoms with van der Waals surface area (Å²) in [6.07, 6.45) is 0.602. The molecule has 0 radical (unpaired) electrons. The van der Waals surface area contributed by atoms with E-state index < -0.39 is 24.0 Å². The molecule has 3 rings (SSSR count). The molecule has 2 unspecified atom stereocenters. The standard InChI is InChI=1S/C26H28N2O5/c1-3-17(2)15-23(25(31)27-14-8-13-24(29)30)28-26(32)33-16-22-20-11-6-4-9-18(20)19-10-5-7-12-21(19)22/h4-7,9-12,17,22-23H,3,14-16H2,1-2H3,(H,27,31)(H,28,32)(H,29,30). The van der Waals surface area contributed by atoms with Gasteiger partial charge in [0.2, 0.25) is 5.91 Å². The Kier molecular flexibility index (Phi) is 8.09. The molecule has 3 N–H and O–H groups in total. The maximum absolute atomic E-state index is 12.6. The summed E-state index contributed by atoms with van der Waals surface area (Å²) in [4.78, 5) is 35.7. The number of hydrogen-bond acceptors (Lipinski definition) is 4. The Bertz CT molecular complexity index is 1040. The minimum Gasteiger partial charge on any atom is -0.472 e. The fraction of sp³-hybridized carbons (Fsp3) is 0.346. The van der Waals surface area contributed by atoms with Crippen LogP contribution in [-0.2, 0) is 14.3 Å². The zero-order valence-electron chi connectivity index (χ0n) is 18.8. The highest BCUT2D eigenvalue weighted by Crippen LogP contribution is 2.44. The van der Waals surface area contributed by atoms with E-state index in [1.807, 2.05) is 56.2 Å². The number of aliphatic carboxylic acids is 1. The number of amides is 2. The largest absolute Gasteiger partial charge is 0.472 e. The minimum atomic E-state index is -1.27. The lowest BCUT2D eigenvalue weighted by molar-refractivity contribution is -0.130. The Morgan fingerprint density at radius 2 is 1.67 bits per heavy atom. The van der Waals surface area contributed by atoms with E-state index in [9.17, 15) is 14.4 Å². The van der Waals surface area contributed by atoms with Crippen LogP contribution in [0.5, 0.6) is 0 Å². The smallest absolute Gasteiger partial charge is 0.407 e. The van der Waals surface area contributed by atoms with Gasteiger partial charge in [-0.05, 0) is 34.6 Å². The zero-order valence-corrected chi connectivity index (χ0v) is 18.8. The van der Waals surface area contributed by atoms with Crippen molar-refractivity contribution in [2.24, 2.45) is 5.92 Å². The van der Waals surface area contributed by atoms with Crippen LogP contribution in [0.15, 0.2) is 48.5 Å². The predicted octanol–water partition coefficient (Wildman–Crippen LogP) is 3.53. The molecule has 2 amide bonds. The van der Waals surface area contributed by atoms with Gasteiger partial charge >= 0.3 is 12.1 Å². The van der Waals surface area contributed by atoms with E-state index >= 15 is 0 Å². The second kappa shape index (κ2) is 11.2. The Balaban J connectivity index is 1.64. The van der Waals surface area contributed by atoms with Gasteiger partial charge in [0.25, 0.3) is 0 Å². The molecule has 172 valence electrons. The first-order valence-electron chi connectivity index (χ1n) is 11.0. The van der Waals surface area contributed by atoms with Gasteiger partial charge in [-0.1, -0.05) is 74.7 Å². The SMILES string of the molecule is CCC(C)CC(NC(=O)OCC1c2ccccc2-c2ccccc21)C(=O)NCC#CC(=O)O. The predicted molar refractivity (Wildman–Crippen MR) is 124 cm³/mol. The van der Waals surface area contributed by atoms with Gasteiger partial charge in [-0.15, -0.1) is 0 Å². The van der Waals surface area contributed by atoms with Crippen LogP contribution in [0.25, 0.3) is 11.1 Å². The van der Waals surface area contributed by atoms with Crippen molar-refractivity contribution in [3.8, 4) is 23.0 Å². The number of carbonyl (C=O) groups excluding carboxylic acids is 2. The van der Waals surface area contributed by atoms with Crippen molar-refractivity contribution in [2.75, 3.05) is 13.2 Å². The van der Waals surface area contributed by atoms with Crippen LogP contribution >= 0.6 is 0 Å². The van der Waals surface area contributed by atoms with Crippen LogP contribution < -0.4 is 10.6 Å². The Labute approximate surface area is 193 Å². The Morgan fingerprint density at radius 3 is 2.24 bits per heavy atom. The van der Waals surface area contributed by atoms with Crippen LogP contribution in [0.2, 0.25) is 0 Å². The minimum absolute atomic E-state index is 0.0729. The number of ether oxygens (including phenoxy) is 1. The highest BCUT2D eigenvalue weighted by Gasteiger charge is 2.30. The third-order valence-electron chi connectivity index (χ3n) is 5.83. The summed E-state index contributed by atoms with van der Waals surface area (Å²) in [7, 11) is 0. The van der Waals surface area contributed by atoms with E-state index in [0.717, 1.165) is 28.7 Å². The summed E-state index contributed by atoms with van der Waals surface area (Å²) in [6, 6.07) is 15.3. The molecule has 0 spiro atoms. The zero-order chi connectivity index (χ0) is 23.8. The van der Waals surface area contributed by atoms with Crippen molar-refractivity contribution in [1.82, 2.24) is 10.6 Å². The van der Waals surface area contributed by atoms with Crippen molar-refractivity contribution >= 4 is 18.0 Å². The Morgan fingerprint density at radius 1 is 1.06 bits per heavy atom. The van der Waals surface area contributed by atoms with Crippen LogP contribution in [0.4, 0.5) is 4.79 Å². The number of hydrogen-bond donors (Lipinski definition) is 3. The number of carboxylic acid groups (broad SMARTS) is 1. The van der Waals surface area contributed by atoms with E-state index in [0.29, 0.717) is 6.42 Å². The van der Waals surface area contributed by atoms with Gasteiger partial charge in [0.05, 0.1) is 6.54 Å². The third kappa shape index (κ3) is 6.13. The van der Waals surface area contributed by atoms with Gasteiger partial charge in [0.1, 0.15) is 12.6 Å². The fourth-order valence-corrected chi connectivity index (χ4v) is 3.96. The van der Waals surface area contributed by atoms with E-state index in [4.69, 9.17) is 9.84 Å². The van der Waals surface area contributed by atoms with Gasteiger partial charge in [-0.3, -0.25) is 4.79 Å². The number of carboxylic acids is 1. The van der Waals surface area contributed by atoms with Gasteiger partial charge in [0.15, 0.2) is 0 Å². The van der Waals surface area contributed by atoms with Crippen molar-refractivity contribution in [1.29, 1.82) is 0 Å². The van der Waals surface area contributed by atoms with Crippen LogP contribution in [-0.4, -0.2) is 42.3 Å². The Hall–Kier alpha value is -3.79. The van der Waals surface area contributed by atoms with Crippen molar-refractivity contribution in [3.05, 3.63) is 59.7 Å². The highest BCUT2D eigenvalue weighted by molar-refractivity contribution is 5.87. The molecule has 7 nitrogen and oxygen atoms in total. The molecule has 0 aliphatic heterocycles. The number of carbonyl (C=O) groups is 3. The van der Waals surface area contributed by atoms with Crippen molar-refractivity contribution < 1.29 is 24.2 Å². The molecule has 0 aromatic heterocycles. The second-order valence-corrected chi connectivity index (χ2v) is 8.10. The summed E-state index contributed by atoms with van der Waals surface area (Å²) in [5, 5.41) is 13.8. The summed E-state index contributed by atoms with van der Waals surface area (Å²) in [5.41, 5.74) is 4.49. The highest BCUT2D eigenvalue weighted by atomic mass is 16.5. The number of rotatable bonds is 8. The van der Waals surface area contributed by atoms with Gasteiger partial charge < -0.3 is 20.5 Å². The van der Waals surface area contributed by atoms with Crippen molar-refractivity contribution in [3.63, 3.8) is 0 Å². The molecule has 0 bridgehead atoms. The van der Waals surface area contributed by atoms with Gasteiger partial charge in [-0.25, -0.2) is 9.59 Å². The molecule has 0 saturated carbocycles. The lowest BCUT2D eigenvalue weighted by Crippen LogP contribution is -2.48. The summed E-state index contributed by atoms with van der Waals surface area (Å²) in [6.45, 7) is 4.03. The number of nitrogens with one attached hydrogen (secondary N) is 2. The van der Waals surface area contributed by atoms with E-state index in [-0.39, 0.29) is 25.0 Å². The van der Waals surface area contributed by atoms with Gasteiger partial charge in [-0.2, -0.15) is 0 Å². The van der Waals surface area contributed by atoms with Crippen molar-refractivity contribution in [2.45, 2.75) is 38.6 Å². The summed E-state index contributed by atoms with van der Waals surface area (Å²) < 4.78 is 5.56. The first-order chi connectivity index (χ1) is 15.9. The maximum atomic E-state index is 12.6. The molecular weight excluding hydrogens is 420 g/mol. The normalized spacial score (nSPS) is 13.5. The monoisotopic (exact) mass is 448 g/mol. The van der Waals surface area contributed by atoms with Crippen LogP contribution in [0.1, 0.15) is 43.7 Å². The molecule has 0 saturated heterocycles. The molecule has 2 aromatic carbocycles. The van der Waals surface area contributed by atoms with Crippen LogP contribution in [0, 0.1) is 17.8 Å². The molecule has 0 fully saturated rings. The second-order valence-electron chi connectivity index (χ2n) is 8.10. The topological polar surface area (TPSA) is 105 Å². The molecular formula is C26H28N2O5. The van der Waals surface area contributed by atoms with Gasteiger partial charge in [0, 0.05) is 11.8 Å². The molecule has 1 aliphatic carbocycles. The first kappa shape index (κ1) is 23.9. The average molecular weight is 449 g/mol. The average Bonchev–Trinajstić information content (AvgIpc) is 3.13. The molecule has 1 aliphatic rings. The number of alkyl carbamates (subject to hydrolysis) is 1. The molecule has 2 atom stereocenters. The van der Waals surface area contributed by atoms with E-state index in [2.05, 4.69) is 28.7 Å². The lowest BCUT2D eigenvalue weighted by Gasteiger charge is -2.21. The molecule has 2 aromatic rings. The number of fused-ring (bicyclic) bond motifs is 3. The van der Waals surface area contributed by atoms with E-state index in [1.54, 1.807) is 0 Å². The van der Waals surface area contributed by atoms with E-state index in [1.165, 1.54) is 0 Å². The third-order valence-corrected chi connectivity index (χ3v) is 5.83. The first-order valence-corrected chi connectivity index (χ1v) is 11.0. The van der Waals surface area contributed by atoms with Crippen LogP contribution in [0.3, 0.4) is 0 Å². The summed E-state index contributed by atoms with van der Waals surface area (Å²) in [5.74, 6) is 2.71. The maximum Gasteiger partial charge on any atom is 0.407 e. The molecule has 33 heavy (non-hydrogen) atoms. The lowest BCUT2D eigenvalue weighted by atomic mass is 9.98. The quantitative estimate of drug-likeness (QED) is 0.536. The summed E-state index contributed by atoms with van der Waals surface area (Å²) >= 11 is 0. The number of benzene rings is 2.